The smallest absolute Gasteiger partial charge is 0.232 e. The van der Waals surface area contributed by atoms with Crippen molar-refractivity contribution in [3.8, 4) is 11.5 Å². The highest BCUT2D eigenvalue weighted by molar-refractivity contribution is 6.30. The molecule has 2 unspecified atom stereocenters. The summed E-state index contributed by atoms with van der Waals surface area (Å²) in [5, 5.41) is 0.658. The molecule has 0 fully saturated rings. The summed E-state index contributed by atoms with van der Waals surface area (Å²) < 4.78 is 11.9. The molecule has 0 saturated carbocycles. The summed E-state index contributed by atoms with van der Waals surface area (Å²) in [5.74, 6) is 1.37. The molecule has 6 heteroatoms. The fraction of sp³-hybridized carbons (Fsp3) is 0.345. The van der Waals surface area contributed by atoms with Crippen molar-refractivity contribution >= 4 is 28.9 Å². The summed E-state index contributed by atoms with van der Waals surface area (Å²) in [6.45, 7) is 7.15. The van der Waals surface area contributed by atoms with E-state index in [4.69, 9.17) is 21.1 Å². The Morgan fingerprint density at radius 3 is 2.34 bits per heavy atom. The molecule has 1 heterocycles. The number of anilines is 2. The first-order valence-corrected chi connectivity index (χ1v) is 12.5. The number of carbonyl (C=O) groups is 1. The Labute approximate surface area is 213 Å². The van der Waals surface area contributed by atoms with Crippen LogP contribution in [0.5, 0.6) is 11.5 Å². The summed E-state index contributed by atoms with van der Waals surface area (Å²) in [6.07, 6.45) is 1.21. The van der Waals surface area contributed by atoms with E-state index in [1.165, 1.54) is 0 Å². The Bertz CT molecular complexity index is 1180. The lowest BCUT2D eigenvalue weighted by Crippen LogP contribution is -2.41. The van der Waals surface area contributed by atoms with Gasteiger partial charge in [-0.05, 0) is 85.5 Å². The third-order valence-corrected chi connectivity index (χ3v) is 6.97. The summed E-state index contributed by atoms with van der Waals surface area (Å²) >= 11 is 6.21. The summed E-state index contributed by atoms with van der Waals surface area (Å²) in [7, 11) is 3.69. The topological polar surface area (TPSA) is 42.0 Å². The molecule has 3 aromatic carbocycles. The third-order valence-electron chi connectivity index (χ3n) is 6.72. The van der Waals surface area contributed by atoms with Gasteiger partial charge in [-0.15, -0.1) is 0 Å². The molecule has 0 N–H and O–H groups in total. The van der Waals surface area contributed by atoms with Gasteiger partial charge in [0.1, 0.15) is 0 Å². The SMILES string of the molecule is CCC(C)Oc1cc2c(cc1OC)CC(=O)N(c1ccc(N(C)CC)cc1)C2c1ccc(Cl)cc1. The molecule has 0 aromatic heterocycles. The van der Waals surface area contributed by atoms with Gasteiger partial charge >= 0.3 is 0 Å². The fourth-order valence-electron chi connectivity index (χ4n) is 4.43. The van der Waals surface area contributed by atoms with Gasteiger partial charge in [-0.2, -0.15) is 0 Å². The number of amides is 1. The van der Waals surface area contributed by atoms with Crippen LogP contribution in [-0.2, 0) is 11.2 Å². The highest BCUT2D eigenvalue weighted by atomic mass is 35.5. The monoisotopic (exact) mass is 492 g/mol. The predicted octanol–water partition coefficient (Wildman–Crippen LogP) is 6.66. The maximum absolute atomic E-state index is 13.6. The molecule has 0 radical (unpaired) electrons. The molecule has 0 aliphatic carbocycles. The van der Waals surface area contributed by atoms with Gasteiger partial charge in [0.2, 0.25) is 5.91 Å². The van der Waals surface area contributed by atoms with Crippen molar-refractivity contribution in [2.75, 3.05) is 30.5 Å². The average Bonchev–Trinajstić information content (AvgIpc) is 2.88. The van der Waals surface area contributed by atoms with Gasteiger partial charge in [-0.25, -0.2) is 0 Å². The lowest BCUT2D eigenvalue weighted by molar-refractivity contribution is -0.118. The zero-order valence-electron chi connectivity index (χ0n) is 21.0. The van der Waals surface area contributed by atoms with Gasteiger partial charge < -0.3 is 19.3 Å². The van der Waals surface area contributed by atoms with E-state index < -0.39 is 0 Å². The molecule has 1 aliphatic heterocycles. The van der Waals surface area contributed by atoms with Gasteiger partial charge in [-0.3, -0.25) is 4.79 Å². The number of fused-ring (bicyclic) bond motifs is 1. The van der Waals surface area contributed by atoms with Crippen LogP contribution in [0.3, 0.4) is 0 Å². The predicted molar refractivity (Wildman–Crippen MR) is 143 cm³/mol. The largest absolute Gasteiger partial charge is 0.493 e. The van der Waals surface area contributed by atoms with Crippen molar-refractivity contribution in [3.05, 3.63) is 82.4 Å². The second-order valence-electron chi connectivity index (χ2n) is 8.96. The molecular weight excluding hydrogens is 460 g/mol. The number of rotatable bonds is 8. The molecule has 4 rings (SSSR count). The van der Waals surface area contributed by atoms with Crippen LogP contribution in [-0.4, -0.2) is 32.7 Å². The number of ether oxygens (including phenoxy) is 2. The quantitative estimate of drug-likeness (QED) is 0.352. The number of hydrogen-bond acceptors (Lipinski definition) is 4. The van der Waals surface area contributed by atoms with Crippen LogP contribution in [0.4, 0.5) is 11.4 Å². The summed E-state index contributed by atoms with van der Waals surface area (Å²) in [6, 6.07) is 19.5. The fourth-order valence-corrected chi connectivity index (χ4v) is 4.55. The van der Waals surface area contributed by atoms with E-state index in [0.29, 0.717) is 16.5 Å². The zero-order chi connectivity index (χ0) is 25.1. The van der Waals surface area contributed by atoms with Gasteiger partial charge in [0, 0.05) is 30.0 Å². The maximum atomic E-state index is 13.6. The minimum Gasteiger partial charge on any atom is -0.493 e. The van der Waals surface area contributed by atoms with Gasteiger partial charge in [-0.1, -0.05) is 30.7 Å². The molecular formula is C29H33ClN2O3. The van der Waals surface area contributed by atoms with E-state index >= 15 is 0 Å². The molecule has 3 aromatic rings. The number of nitrogens with zero attached hydrogens (tertiary/aromatic N) is 2. The molecule has 2 atom stereocenters. The van der Waals surface area contributed by atoms with Crippen LogP contribution < -0.4 is 19.3 Å². The summed E-state index contributed by atoms with van der Waals surface area (Å²) in [5.41, 5.74) is 4.92. The van der Waals surface area contributed by atoms with Crippen molar-refractivity contribution in [3.63, 3.8) is 0 Å². The molecule has 1 amide bonds. The van der Waals surface area contributed by atoms with Gasteiger partial charge in [0.05, 0.1) is 25.7 Å². The Hall–Kier alpha value is -3.18. The number of benzene rings is 3. The van der Waals surface area contributed by atoms with Crippen LogP contribution in [0.25, 0.3) is 0 Å². The third kappa shape index (κ3) is 5.10. The van der Waals surface area contributed by atoms with Crippen molar-refractivity contribution in [1.82, 2.24) is 0 Å². The van der Waals surface area contributed by atoms with Gasteiger partial charge in [0.25, 0.3) is 0 Å². The molecule has 1 aliphatic rings. The van der Waals surface area contributed by atoms with E-state index in [2.05, 4.69) is 37.9 Å². The van der Waals surface area contributed by atoms with Crippen LogP contribution in [0, 0.1) is 0 Å². The Morgan fingerprint density at radius 2 is 1.74 bits per heavy atom. The van der Waals surface area contributed by atoms with Crippen LogP contribution >= 0.6 is 11.6 Å². The second-order valence-corrected chi connectivity index (χ2v) is 9.40. The molecule has 35 heavy (non-hydrogen) atoms. The van der Waals surface area contributed by atoms with E-state index in [0.717, 1.165) is 41.0 Å². The van der Waals surface area contributed by atoms with E-state index in [1.807, 2.05) is 60.4 Å². The zero-order valence-corrected chi connectivity index (χ0v) is 21.8. The summed E-state index contributed by atoms with van der Waals surface area (Å²) in [4.78, 5) is 17.7. The van der Waals surface area contributed by atoms with E-state index in [-0.39, 0.29) is 24.5 Å². The number of halogens is 1. The van der Waals surface area contributed by atoms with Gasteiger partial charge in [0.15, 0.2) is 11.5 Å². The van der Waals surface area contributed by atoms with Crippen LogP contribution in [0.15, 0.2) is 60.7 Å². The first kappa shape index (κ1) is 24.9. The first-order chi connectivity index (χ1) is 16.9. The average molecular weight is 493 g/mol. The van der Waals surface area contributed by atoms with E-state index in [9.17, 15) is 4.79 Å². The Kier molecular flexibility index (Phi) is 7.56. The van der Waals surface area contributed by atoms with Crippen LogP contribution in [0.1, 0.15) is 49.9 Å². The Morgan fingerprint density at radius 1 is 1.06 bits per heavy atom. The molecule has 5 nitrogen and oxygen atoms in total. The Balaban J connectivity index is 1.86. The minimum absolute atomic E-state index is 0.0340. The number of methoxy groups -OCH3 is 1. The molecule has 0 bridgehead atoms. The number of carbonyl (C=O) groups excluding carboxylic acids is 1. The molecule has 184 valence electrons. The standard InChI is InChI=1S/C29H33ClN2O3/c1-6-19(3)35-27-18-25-21(16-26(27)34-5)17-28(33)32(29(25)20-8-10-22(30)11-9-20)24-14-12-23(13-15-24)31(4)7-2/h8-16,18-19,29H,6-7,17H2,1-5H3. The minimum atomic E-state index is -0.316. The lowest BCUT2D eigenvalue weighted by atomic mass is 9.86. The highest BCUT2D eigenvalue weighted by Gasteiger charge is 2.36. The second kappa shape index (κ2) is 10.6. The van der Waals surface area contributed by atoms with E-state index in [1.54, 1.807) is 7.11 Å². The lowest BCUT2D eigenvalue weighted by Gasteiger charge is -2.38. The number of hydrogen-bond donors (Lipinski definition) is 0. The van der Waals surface area contributed by atoms with Crippen molar-refractivity contribution in [1.29, 1.82) is 0 Å². The first-order valence-electron chi connectivity index (χ1n) is 12.1. The molecule has 0 spiro atoms. The van der Waals surface area contributed by atoms with Crippen molar-refractivity contribution in [2.24, 2.45) is 0 Å². The highest BCUT2D eigenvalue weighted by Crippen LogP contribution is 2.44. The van der Waals surface area contributed by atoms with Crippen molar-refractivity contribution in [2.45, 2.75) is 45.8 Å². The molecule has 0 saturated heterocycles. The maximum Gasteiger partial charge on any atom is 0.232 e. The normalized spacial score (nSPS) is 16.0. The van der Waals surface area contributed by atoms with Crippen LogP contribution in [0.2, 0.25) is 5.02 Å². The van der Waals surface area contributed by atoms with Crippen molar-refractivity contribution < 1.29 is 14.3 Å².